The predicted octanol–water partition coefficient (Wildman–Crippen LogP) is 3.08. The fraction of sp³-hybridized carbons (Fsp3) is 0.588. The maximum Gasteiger partial charge on any atom is 0.124 e. The van der Waals surface area contributed by atoms with E-state index >= 15 is 0 Å². The van der Waals surface area contributed by atoms with Crippen molar-refractivity contribution in [2.24, 2.45) is 10.9 Å². The van der Waals surface area contributed by atoms with Crippen LogP contribution in [-0.4, -0.2) is 41.9 Å². The molecule has 2 aliphatic heterocycles. The highest BCUT2D eigenvalue weighted by Crippen LogP contribution is 2.31. The molecule has 3 rings (SSSR count). The van der Waals surface area contributed by atoms with Gasteiger partial charge in [-0.15, -0.1) is 0 Å². The monoisotopic (exact) mass is 272 g/mol. The highest BCUT2D eigenvalue weighted by molar-refractivity contribution is 5.83. The van der Waals surface area contributed by atoms with Gasteiger partial charge in [-0.05, 0) is 56.8 Å². The quantitative estimate of drug-likeness (QED) is 0.858. The number of para-hydroxylation sites is 1. The zero-order valence-corrected chi connectivity index (χ0v) is 12.0. The molecule has 1 N–H and O–H groups in total. The van der Waals surface area contributed by atoms with Crippen molar-refractivity contribution in [3.05, 3.63) is 29.8 Å². The van der Waals surface area contributed by atoms with Gasteiger partial charge in [-0.25, -0.2) is 0 Å². The van der Waals surface area contributed by atoms with Crippen molar-refractivity contribution in [3.8, 4) is 5.75 Å². The van der Waals surface area contributed by atoms with Gasteiger partial charge in [0.1, 0.15) is 5.75 Å². The van der Waals surface area contributed by atoms with Crippen molar-refractivity contribution in [1.82, 2.24) is 4.90 Å². The molecular weight excluding hydrogens is 248 g/mol. The third kappa shape index (κ3) is 3.04. The molecule has 3 nitrogen and oxygen atoms in total. The minimum Gasteiger partial charge on any atom is -0.507 e. The Morgan fingerprint density at radius 2 is 2.00 bits per heavy atom. The van der Waals surface area contributed by atoms with Crippen molar-refractivity contribution < 1.29 is 5.11 Å². The summed E-state index contributed by atoms with van der Waals surface area (Å²) in [6.45, 7) is 3.46. The maximum absolute atomic E-state index is 9.74. The van der Waals surface area contributed by atoms with Crippen LogP contribution in [0.1, 0.15) is 37.7 Å². The molecule has 0 spiro atoms. The lowest BCUT2D eigenvalue weighted by Gasteiger charge is -2.43. The molecule has 108 valence electrons. The fourth-order valence-electron chi connectivity index (χ4n) is 3.67. The number of piperidine rings is 2. The number of phenolic OH excluding ortho intramolecular Hbond substituents is 1. The average molecular weight is 272 g/mol. The SMILES string of the molecule is Oc1ccccc1C=NCC1CCCN2CCCCC12. The molecule has 20 heavy (non-hydrogen) atoms. The summed E-state index contributed by atoms with van der Waals surface area (Å²) in [4.78, 5) is 7.28. The number of benzene rings is 1. The highest BCUT2D eigenvalue weighted by atomic mass is 16.3. The van der Waals surface area contributed by atoms with Gasteiger partial charge in [0.15, 0.2) is 0 Å². The molecule has 0 radical (unpaired) electrons. The van der Waals surface area contributed by atoms with Crippen LogP contribution in [-0.2, 0) is 0 Å². The van der Waals surface area contributed by atoms with E-state index in [0.29, 0.717) is 11.7 Å². The highest BCUT2D eigenvalue weighted by Gasteiger charge is 2.32. The van der Waals surface area contributed by atoms with E-state index in [9.17, 15) is 5.11 Å². The molecular formula is C17H24N2O. The zero-order chi connectivity index (χ0) is 13.8. The van der Waals surface area contributed by atoms with Crippen LogP contribution in [0.25, 0.3) is 0 Å². The molecule has 0 amide bonds. The van der Waals surface area contributed by atoms with Crippen molar-refractivity contribution in [3.63, 3.8) is 0 Å². The number of nitrogens with zero attached hydrogens (tertiary/aromatic N) is 2. The van der Waals surface area contributed by atoms with Crippen LogP contribution in [0.15, 0.2) is 29.3 Å². The Bertz CT molecular complexity index is 470. The van der Waals surface area contributed by atoms with Crippen molar-refractivity contribution in [1.29, 1.82) is 0 Å². The molecule has 2 fully saturated rings. The fourth-order valence-corrected chi connectivity index (χ4v) is 3.67. The third-order valence-corrected chi connectivity index (χ3v) is 4.74. The number of fused-ring (bicyclic) bond motifs is 1. The molecule has 0 bridgehead atoms. The topological polar surface area (TPSA) is 35.8 Å². The van der Waals surface area contributed by atoms with Gasteiger partial charge in [0.2, 0.25) is 0 Å². The van der Waals surface area contributed by atoms with E-state index < -0.39 is 0 Å². The minimum atomic E-state index is 0.319. The van der Waals surface area contributed by atoms with Crippen LogP contribution in [0.2, 0.25) is 0 Å². The second kappa shape index (κ2) is 6.40. The summed E-state index contributed by atoms with van der Waals surface area (Å²) in [5, 5.41) is 9.74. The summed E-state index contributed by atoms with van der Waals surface area (Å²) in [6.07, 6.45) is 8.53. The molecule has 3 heteroatoms. The van der Waals surface area contributed by atoms with Crippen LogP contribution in [0.3, 0.4) is 0 Å². The molecule has 2 aliphatic rings. The standard InChI is InChI=1S/C17H24N2O/c20-17-9-2-1-6-15(17)13-18-12-14-7-5-11-19-10-4-3-8-16(14)19/h1-2,6,9,13-14,16,20H,3-5,7-8,10-12H2. The van der Waals surface area contributed by atoms with E-state index in [4.69, 9.17) is 0 Å². The molecule has 0 aliphatic carbocycles. The van der Waals surface area contributed by atoms with E-state index in [-0.39, 0.29) is 0 Å². The lowest BCUT2D eigenvalue weighted by atomic mass is 9.83. The van der Waals surface area contributed by atoms with Crippen LogP contribution >= 0.6 is 0 Å². The van der Waals surface area contributed by atoms with Gasteiger partial charge in [-0.2, -0.15) is 0 Å². The zero-order valence-electron chi connectivity index (χ0n) is 12.0. The molecule has 2 atom stereocenters. The Morgan fingerprint density at radius 3 is 2.90 bits per heavy atom. The van der Waals surface area contributed by atoms with Crippen molar-refractivity contribution in [2.45, 2.75) is 38.1 Å². The molecule has 2 heterocycles. The summed E-state index contributed by atoms with van der Waals surface area (Å²) < 4.78 is 0. The average Bonchev–Trinajstić information content (AvgIpc) is 2.49. The van der Waals surface area contributed by atoms with Crippen molar-refractivity contribution >= 4 is 6.21 Å². The largest absolute Gasteiger partial charge is 0.507 e. The third-order valence-electron chi connectivity index (χ3n) is 4.74. The van der Waals surface area contributed by atoms with Gasteiger partial charge >= 0.3 is 0 Å². The lowest BCUT2D eigenvalue weighted by molar-refractivity contribution is 0.0635. The molecule has 1 aromatic rings. The molecule has 0 aromatic heterocycles. The maximum atomic E-state index is 9.74. The first-order valence-electron chi connectivity index (χ1n) is 7.86. The number of hydrogen-bond acceptors (Lipinski definition) is 3. The number of rotatable bonds is 3. The Morgan fingerprint density at radius 1 is 1.15 bits per heavy atom. The van der Waals surface area contributed by atoms with Gasteiger partial charge in [0.25, 0.3) is 0 Å². The minimum absolute atomic E-state index is 0.319. The van der Waals surface area contributed by atoms with Crippen LogP contribution < -0.4 is 0 Å². The van der Waals surface area contributed by atoms with Gasteiger partial charge < -0.3 is 10.0 Å². The Balaban J connectivity index is 1.61. The molecule has 1 aromatic carbocycles. The summed E-state index contributed by atoms with van der Waals surface area (Å²) >= 11 is 0. The predicted molar refractivity (Wildman–Crippen MR) is 82.5 cm³/mol. The Labute approximate surface area is 121 Å². The van der Waals surface area contributed by atoms with Gasteiger partial charge in [0, 0.05) is 24.4 Å². The van der Waals surface area contributed by atoms with Crippen LogP contribution in [0, 0.1) is 5.92 Å². The number of hydrogen-bond donors (Lipinski definition) is 1. The van der Waals surface area contributed by atoms with E-state index in [1.165, 1.54) is 45.2 Å². The first-order valence-corrected chi connectivity index (χ1v) is 7.86. The number of aromatic hydroxyl groups is 1. The lowest BCUT2D eigenvalue weighted by Crippen LogP contribution is -2.48. The first kappa shape index (κ1) is 13.6. The first-order chi connectivity index (χ1) is 9.84. The Hall–Kier alpha value is -1.35. The van der Waals surface area contributed by atoms with E-state index in [2.05, 4.69) is 9.89 Å². The van der Waals surface area contributed by atoms with Crippen molar-refractivity contribution in [2.75, 3.05) is 19.6 Å². The summed E-state index contributed by atoms with van der Waals surface area (Å²) in [7, 11) is 0. The van der Waals surface area contributed by atoms with E-state index in [1.54, 1.807) is 6.07 Å². The second-order valence-electron chi connectivity index (χ2n) is 6.05. The molecule has 0 saturated carbocycles. The second-order valence-corrected chi connectivity index (χ2v) is 6.05. The van der Waals surface area contributed by atoms with Crippen LogP contribution in [0.5, 0.6) is 5.75 Å². The van der Waals surface area contributed by atoms with E-state index in [0.717, 1.165) is 18.2 Å². The normalized spacial score (nSPS) is 27.6. The number of aliphatic imine (C=N–C) groups is 1. The van der Waals surface area contributed by atoms with Gasteiger partial charge in [0.05, 0.1) is 0 Å². The summed E-state index contributed by atoms with van der Waals surface area (Å²) in [5.74, 6) is 1.02. The van der Waals surface area contributed by atoms with Gasteiger partial charge in [-0.1, -0.05) is 18.6 Å². The van der Waals surface area contributed by atoms with Crippen LogP contribution in [0.4, 0.5) is 0 Å². The number of phenols is 1. The summed E-state index contributed by atoms with van der Waals surface area (Å²) in [5.41, 5.74) is 0.823. The summed E-state index contributed by atoms with van der Waals surface area (Å²) in [6, 6.07) is 8.15. The van der Waals surface area contributed by atoms with E-state index in [1.807, 2.05) is 24.4 Å². The smallest absolute Gasteiger partial charge is 0.124 e. The van der Waals surface area contributed by atoms with Gasteiger partial charge in [-0.3, -0.25) is 4.99 Å². The Kier molecular flexibility index (Phi) is 4.36. The molecule has 2 saturated heterocycles. The molecule has 2 unspecified atom stereocenters.